The summed E-state index contributed by atoms with van der Waals surface area (Å²) in [5.41, 5.74) is 0.748. The number of carbonyl (C=O) groups is 2. The van der Waals surface area contributed by atoms with Crippen molar-refractivity contribution in [2.75, 3.05) is 33.9 Å². The molecule has 1 saturated heterocycles. The molecule has 0 radical (unpaired) electrons. The Morgan fingerprint density at radius 2 is 1.87 bits per heavy atom. The maximum Gasteiger partial charge on any atom is 0.332 e. The molecule has 38 heavy (non-hydrogen) atoms. The van der Waals surface area contributed by atoms with E-state index < -0.39 is 29.8 Å². The number of hydrogen-bond acceptors (Lipinski definition) is 7. The molecule has 0 aliphatic carbocycles. The summed E-state index contributed by atoms with van der Waals surface area (Å²) < 4.78 is 13.4. The van der Waals surface area contributed by atoms with E-state index in [1.807, 2.05) is 0 Å². The van der Waals surface area contributed by atoms with E-state index in [1.165, 1.54) is 30.6 Å². The van der Waals surface area contributed by atoms with Gasteiger partial charge in [0, 0.05) is 26.6 Å². The van der Waals surface area contributed by atoms with Gasteiger partial charge in [-0.15, -0.1) is 0 Å². The predicted molar refractivity (Wildman–Crippen MR) is 141 cm³/mol. The number of piperidine rings is 1. The summed E-state index contributed by atoms with van der Waals surface area (Å²) in [6.45, 7) is 1.61. The fourth-order valence-electron chi connectivity index (χ4n) is 5.00. The van der Waals surface area contributed by atoms with E-state index in [-0.39, 0.29) is 25.5 Å². The molecule has 2 aromatic carbocycles. The van der Waals surface area contributed by atoms with E-state index >= 15 is 0 Å². The highest BCUT2D eigenvalue weighted by Crippen LogP contribution is 2.28. The van der Waals surface area contributed by atoms with Crippen LogP contribution in [0.15, 0.2) is 46.0 Å². The number of benzene rings is 2. The van der Waals surface area contributed by atoms with Gasteiger partial charge >= 0.3 is 5.69 Å². The molecule has 0 saturated carbocycles. The van der Waals surface area contributed by atoms with Crippen molar-refractivity contribution < 1.29 is 24.2 Å². The van der Waals surface area contributed by atoms with E-state index in [0.717, 1.165) is 0 Å². The highest BCUT2D eigenvalue weighted by Gasteiger charge is 2.28. The molecule has 1 unspecified atom stereocenters. The monoisotopic (exact) mass is 524 g/mol. The molecular weight excluding hydrogens is 492 g/mol. The summed E-state index contributed by atoms with van der Waals surface area (Å²) in [6, 6.07) is 9.92. The molecule has 202 valence electrons. The lowest BCUT2D eigenvalue weighted by molar-refractivity contribution is -0.135. The van der Waals surface area contributed by atoms with Crippen LogP contribution in [0.5, 0.6) is 11.5 Å². The number of nitrogens with one attached hydrogen (secondary N) is 1. The lowest BCUT2D eigenvalue weighted by Crippen LogP contribution is -2.48. The molecule has 1 aliphatic heterocycles. The summed E-state index contributed by atoms with van der Waals surface area (Å²) in [7, 11) is 3.04. The van der Waals surface area contributed by atoms with Crippen molar-refractivity contribution in [3.8, 4) is 11.5 Å². The molecule has 2 N–H and O–H groups in total. The lowest BCUT2D eigenvalue weighted by atomic mass is 10.0. The van der Waals surface area contributed by atoms with Crippen molar-refractivity contribution in [2.24, 2.45) is 0 Å². The van der Waals surface area contributed by atoms with Crippen LogP contribution in [0.1, 0.15) is 36.9 Å². The van der Waals surface area contributed by atoms with E-state index in [1.54, 1.807) is 41.0 Å². The van der Waals surface area contributed by atoms with Gasteiger partial charge in [0.15, 0.2) is 11.5 Å². The van der Waals surface area contributed by atoms with Gasteiger partial charge in [0.2, 0.25) is 11.8 Å². The Hall–Kier alpha value is -4.12. The van der Waals surface area contributed by atoms with Gasteiger partial charge in [-0.1, -0.05) is 18.2 Å². The summed E-state index contributed by atoms with van der Waals surface area (Å²) >= 11 is 0. The van der Waals surface area contributed by atoms with E-state index in [2.05, 4.69) is 5.32 Å². The normalized spacial score (nSPS) is 15.4. The topological polar surface area (TPSA) is 132 Å². The third-order valence-electron chi connectivity index (χ3n) is 6.84. The number of methoxy groups -OCH3 is 2. The number of aliphatic hydroxyl groups is 1. The molecule has 0 spiro atoms. The number of aliphatic hydroxyl groups excluding tert-OH is 1. The van der Waals surface area contributed by atoms with Crippen LogP contribution in [0.4, 0.5) is 0 Å². The van der Waals surface area contributed by atoms with Gasteiger partial charge in [-0.2, -0.15) is 0 Å². The first kappa shape index (κ1) is 26.9. The van der Waals surface area contributed by atoms with Gasteiger partial charge in [-0.25, -0.2) is 4.79 Å². The molecule has 0 bridgehead atoms. The summed E-state index contributed by atoms with van der Waals surface area (Å²) in [5, 5.41) is 12.5. The van der Waals surface area contributed by atoms with Crippen molar-refractivity contribution in [1.82, 2.24) is 19.4 Å². The number of para-hydroxylation sites is 1. The first-order valence-corrected chi connectivity index (χ1v) is 12.4. The van der Waals surface area contributed by atoms with E-state index in [0.29, 0.717) is 52.9 Å². The highest BCUT2D eigenvalue weighted by molar-refractivity contribution is 5.82. The number of nitrogens with zero attached hydrogens (tertiary/aromatic N) is 3. The summed E-state index contributed by atoms with van der Waals surface area (Å²) in [4.78, 5) is 53.2. The molecule has 1 atom stereocenters. The van der Waals surface area contributed by atoms with Crippen LogP contribution in [0.3, 0.4) is 0 Å². The first-order valence-electron chi connectivity index (χ1n) is 12.4. The Morgan fingerprint density at radius 1 is 1.11 bits per heavy atom. The number of carbonyl (C=O) groups excluding carboxylic acids is 2. The fraction of sp³-hybridized carbons (Fsp3) is 0.407. The highest BCUT2D eigenvalue weighted by atomic mass is 16.5. The average molecular weight is 525 g/mol. The third kappa shape index (κ3) is 5.28. The largest absolute Gasteiger partial charge is 0.493 e. The van der Waals surface area contributed by atoms with Gasteiger partial charge < -0.3 is 24.8 Å². The zero-order valence-electron chi connectivity index (χ0n) is 21.7. The molecule has 2 heterocycles. The number of hydrogen-bond donors (Lipinski definition) is 2. The number of ether oxygens (including phenoxy) is 2. The van der Waals surface area contributed by atoms with Crippen LogP contribution in [0.25, 0.3) is 10.9 Å². The maximum atomic E-state index is 14.1. The minimum absolute atomic E-state index is 0.00408. The van der Waals surface area contributed by atoms with Crippen LogP contribution < -0.4 is 26.0 Å². The second-order valence-corrected chi connectivity index (χ2v) is 9.25. The fourth-order valence-corrected chi connectivity index (χ4v) is 5.00. The molecule has 1 aromatic heterocycles. The average Bonchev–Trinajstić information content (AvgIpc) is 2.93. The molecule has 1 fully saturated rings. The van der Waals surface area contributed by atoms with Crippen LogP contribution in [0.2, 0.25) is 0 Å². The first-order chi connectivity index (χ1) is 18.3. The van der Waals surface area contributed by atoms with Crippen molar-refractivity contribution in [2.45, 2.75) is 38.9 Å². The Kier molecular flexibility index (Phi) is 8.16. The van der Waals surface area contributed by atoms with Crippen molar-refractivity contribution in [3.05, 3.63) is 68.4 Å². The molecule has 4 rings (SSSR count). The van der Waals surface area contributed by atoms with Crippen molar-refractivity contribution in [1.29, 1.82) is 0 Å². The Bertz CT molecular complexity index is 1480. The number of fused-ring (bicyclic) bond motifs is 1. The minimum Gasteiger partial charge on any atom is -0.493 e. The van der Waals surface area contributed by atoms with Crippen LogP contribution in [0, 0.1) is 0 Å². The maximum absolute atomic E-state index is 14.1. The molecule has 11 heteroatoms. The number of aromatic nitrogens is 2. The molecule has 3 aromatic rings. The smallest absolute Gasteiger partial charge is 0.332 e. The van der Waals surface area contributed by atoms with Crippen LogP contribution in [-0.4, -0.2) is 64.9 Å². The second-order valence-electron chi connectivity index (χ2n) is 9.25. The van der Waals surface area contributed by atoms with E-state index in [4.69, 9.17) is 9.47 Å². The van der Waals surface area contributed by atoms with Gasteiger partial charge in [-0.3, -0.25) is 23.5 Å². The number of rotatable bonds is 8. The van der Waals surface area contributed by atoms with Gasteiger partial charge in [0.25, 0.3) is 5.56 Å². The van der Waals surface area contributed by atoms with Crippen molar-refractivity contribution in [3.63, 3.8) is 0 Å². The quantitative estimate of drug-likeness (QED) is 0.450. The van der Waals surface area contributed by atoms with Gasteiger partial charge in [0.1, 0.15) is 6.61 Å². The summed E-state index contributed by atoms with van der Waals surface area (Å²) in [5.74, 6) is 0.347. The minimum atomic E-state index is -0.616. The molecule has 2 amide bonds. The predicted octanol–water partition coefficient (Wildman–Crippen LogP) is 1.02. The van der Waals surface area contributed by atoms with Gasteiger partial charge in [0.05, 0.1) is 37.7 Å². The molecule has 11 nitrogen and oxygen atoms in total. The Balaban J connectivity index is 1.91. The van der Waals surface area contributed by atoms with Gasteiger partial charge in [-0.05, 0) is 42.2 Å². The van der Waals surface area contributed by atoms with E-state index in [9.17, 15) is 24.3 Å². The Labute approximate surface area is 219 Å². The standard InChI is InChI=1S/C27H32N4O7/c1-17(33)28-13-19-6-4-8-21-25(19)31(20-7-5-11-29(15-20)24(34)16-32)27(36)30(26(21)35)14-18-9-10-22(37-2)23(12-18)38-3/h4,6,8-10,12,20,32H,5,7,11,13-16H2,1-3H3,(H,28,33). The third-order valence-corrected chi connectivity index (χ3v) is 6.84. The van der Waals surface area contributed by atoms with Crippen LogP contribution >= 0.6 is 0 Å². The molecular formula is C27H32N4O7. The number of likely N-dealkylation sites (tertiary alicyclic amines) is 1. The van der Waals surface area contributed by atoms with Crippen molar-refractivity contribution >= 4 is 22.7 Å². The second kappa shape index (κ2) is 11.5. The summed E-state index contributed by atoms with van der Waals surface area (Å²) in [6.07, 6.45) is 1.24. The van der Waals surface area contributed by atoms with Crippen LogP contribution in [-0.2, 0) is 22.7 Å². The Morgan fingerprint density at radius 3 is 2.55 bits per heavy atom. The zero-order valence-corrected chi connectivity index (χ0v) is 21.7. The zero-order chi connectivity index (χ0) is 27.4. The SMILES string of the molecule is COc1ccc(Cn2c(=O)c3cccc(CNC(C)=O)c3n(C3CCCN(C(=O)CO)C3)c2=O)cc1OC. The lowest BCUT2D eigenvalue weighted by Gasteiger charge is -2.34. The number of amides is 2. The molecule has 1 aliphatic rings.